The standard InChI is InChI=1S/C16H26N2O3/c1-3-9-18(14-6-4-13(17)5-7-14)11-12-8-10-21-15(12)16(19)20-2/h8,10,13-14H,3-7,9,11,17H2,1-2H3. The summed E-state index contributed by atoms with van der Waals surface area (Å²) in [5.74, 6) is -0.0803. The number of esters is 1. The summed E-state index contributed by atoms with van der Waals surface area (Å²) < 4.78 is 10.0. The first-order valence-corrected chi connectivity index (χ1v) is 7.80. The molecular formula is C16H26N2O3. The van der Waals surface area contributed by atoms with Gasteiger partial charge in [0.15, 0.2) is 0 Å². The van der Waals surface area contributed by atoms with Gasteiger partial charge in [-0.2, -0.15) is 0 Å². The molecule has 0 aromatic carbocycles. The molecular weight excluding hydrogens is 268 g/mol. The van der Waals surface area contributed by atoms with E-state index in [-0.39, 0.29) is 0 Å². The number of hydrogen-bond donors (Lipinski definition) is 1. The van der Waals surface area contributed by atoms with Crippen LogP contribution in [0.3, 0.4) is 0 Å². The SMILES string of the molecule is CCCN(Cc1ccoc1C(=O)OC)C1CCC(N)CC1. The lowest BCUT2D eigenvalue weighted by molar-refractivity contribution is 0.0559. The van der Waals surface area contributed by atoms with E-state index >= 15 is 0 Å². The first-order chi connectivity index (χ1) is 10.2. The number of nitrogens with zero attached hydrogens (tertiary/aromatic N) is 1. The molecule has 1 heterocycles. The van der Waals surface area contributed by atoms with Crippen molar-refractivity contribution in [3.05, 3.63) is 23.7 Å². The van der Waals surface area contributed by atoms with Crippen molar-refractivity contribution >= 4 is 5.97 Å². The summed E-state index contributed by atoms with van der Waals surface area (Å²) in [4.78, 5) is 14.2. The van der Waals surface area contributed by atoms with Gasteiger partial charge < -0.3 is 14.9 Å². The fourth-order valence-electron chi connectivity index (χ4n) is 3.10. The van der Waals surface area contributed by atoms with Crippen molar-refractivity contribution in [2.24, 2.45) is 5.73 Å². The van der Waals surface area contributed by atoms with Gasteiger partial charge in [0.2, 0.25) is 5.76 Å². The zero-order valence-corrected chi connectivity index (χ0v) is 13.0. The highest BCUT2D eigenvalue weighted by Crippen LogP contribution is 2.25. The van der Waals surface area contributed by atoms with Crippen molar-refractivity contribution in [2.75, 3.05) is 13.7 Å². The maximum atomic E-state index is 11.7. The lowest BCUT2D eigenvalue weighted by Gasteiger charge is -2.35. The van der Waals surface area contributed by atoms with Gasteiger partial charge >= 0.3 is 5.97 Å². The van der Waals surface area contributed by atoms with E-state index in [0.29, 0.717) is 17.8 Å². The van der Waals surface area contributed by atoms with Crippen LogP contribution in [0.15, 0.2) is 16.7 Å². The molecule has 0 atom stereocenters. The minimum atomic E-state index is -0.405. The van der Waals surface area contributed by atoms with Crippen LogP contribution in [0, 0.1) is 0 Å². The van der Waals surface area contributed by atoms with Crippen molar-refractivity contribution in [2.45, 2.75) is 57.7 Å². The van der Waals surface area contributed by atoms with Gasteiger partial charge in [-0.15, -0.1) is 0 Å². The monoisotopic (exact) mass is 294 g/mol. The van der Waals surface area contributed by atoms with E-state index in [1.807, 2.05) is 6.07 Å². The second-order valence-corrected chi connectivity index (χ2v) is 5.81. The molecule has 0 unspecified atom stereocenters. The number of carbonyl (C=O) groups excluding carboxylic acids is 1. The molecule has 1 aromatic heterocycles. The van der Waals surface area contributed by atoms with Gasteiger partial charge in [-0.25, -0.2) is 4.79 Å². The van der Waals surface area contributed by atoms with Gasteiger partial charge in [0.25, 0.3) is 0 Å². The summed E-state index contributed by atoms with van der Waals surface area (Å²) in [6.45, 7) is 3.93. The highest BCUT2D eigenvalue weighted by Gasteiger charge is 2.26. The Balaban J connectivity index is 2.06. The van der Waals surface area contributed by atoms with Gasteiger partial charge in [0.1, 0.15) is 0 Å². The van der Waals surface area contributed by atoms with Crippen molar-refractivity contribution in [3.63, 3.8) is 0 Å². The number of furan rings is 1. The Hall–Kier alpha value is -1.33. The third kappa shape index (κ3) is 4.08. The lowest BCUT2D eigenvalue weighted by atomic mass is 9.90. The second-order valence-electron chi connectivity index (χ2n) is 5.81. The number of nitrogens with two attached hydrogens (primary N) is 1. The van der Waals surface area contributed by atoms with E-state index in [9.17, 15) is 4.79 Å². The van der Waals surface area contributed by atoms with Crippen molar-refractivity contribution in [3.8, 4) is 0 Å². The molecule has 0 saturated heterocycles. The third-order valence-electron chi connectivity index (χ3n) is 4.26. The van der Waals surface area contributed by atoms with Gasteiger partial charge in [0.05, 0.1) is 13.4 Å². The van der Waals surface area contributed by atoms with E-state index < -0.39 is 5.97 Å². The summed E-state index contributed by atoms with van der Waals surface area (Å²) in [7, 11) is 1.38. The summed E-state index contributed by atoms with van der Waals surface area (Å²) in [6.07, 6.45) is 7.08. The summed E-state index contributed by atoms with van der Waals surface area (Å²) in [5, 5.41) is 0. The Morgan fingerprint density at radius 1 is 1.43 bits per heavy atom. The molecule has 1 aliphatic carbocycles. The molecule has 2 N–H and O–H groups in total. The normalized spacial score (nSPS) is 22.5. The van der Waals surface area contributed by atoms with Crippen molar-refractivity contribution in [1.82, 2.24) is 4.90 Å². The highest BCUT2D eigenvalue weighted by molar-refractivity contribution is 5.87. The summed E-state index contributed by atoms with van der Waals surface area (Å²) in [5.41, 5.74) is 6.90. The molecule has 2 rings (SSSR count). The quantitative estimate of drug-likeness (QED) is 0.817. The Bertz CT molecular complexity index is 450. The summed E-state index contributed by atoms with van der Waals surface area (Å²) in [6, 6.07) is 2.76. The van der Waals surface area contributed by atoms with Crippen LogP contribution in [0.25, 0.3) is 0 Å². The fourth-order valence-corrected chi connectivity index (χ4v) is 3.10. The molecule has 1 fully saturated rings. The van der Waals surface area contributed by atoms with Crippen LogP contribution in [-0.4, -0.2) is 36.6 Å². The Morgan fingerprint density at radius 3 is 2.76 bits per heavy atom. The zero-order valence-electron chi connectivity index (χ0n) is 13.0. The molecule has 5 heteroatoms. The van der Waals surface area contributed by atoms with E-state index in [1.54, 1.807) is 6.26 Å². The fraction of sp³-hybridized carbons (Fsp3) is 0.688. The molecule has 21 heavy (non-hydrogen) atoms. The second kappa shape index (κ2) is 7.61. The zero-order chi connectivity index (χ0) is 15.2. The number of hydrogen-bond acceptors (Lipinski definition) is 5. The number of carbonyl (C=O) groups is 1. The van der Waals surface area contributed by atoms with Crippen LogP contribution in [0.5, 0.6) is 0 Å². The largest absolute Gasteiger partial charge is 0.463 e. The predicted octanol–water partition coefficient (Wildman–Crippen LogP) is 2.55. The topological polar surface area (TPSA) is 68.7 Å². The Morgan fingerprint density at radius 2 is 2.14 bits per heavy atom. The van der Waals surface area contributed by atoms with Gasteiger partial charge in [-0.05, 0) is 44.7 Å². The average Bonchev–Trinajstić information content (AvgIpc) is 2.95. The van der Waals surface area contributed by atoms with Crippen molar-refractivity contribution < 1.29 is 13.9 Å². The minimum absolute atomic E-state index is 0.325. The van der Waals surface area contributed by atoms with E-state index in [1.165, 1.54) is 7.11 Å². The van der Waals surface area contributed by atoms with Gasteiger partial charge in [0, 0.05) is 24.2 Å². The predicted molar refractivity (Wildman–Crippen MR) is 81.0 cm³/mol. The minimum Gasteiger partial charge on any atom is -0.463 e. The smallest absolute Gasteiger partial charge is 0.374 e. The van der Waals surface area contributed by atoms with Crippen LogP contribution in [0.4, 0.5) is 0 Å². The third-order valence-corrected chi connectivity index (χ3v) is 4.26. The van der Waals surface area contributed by atoms with Crippen LogP contribution < -0.4 is 5.73 Å². The Labute approximate surface area is 126 Å². The number of rotatable bonds is 6. The van der Waals surface area contributed by atoms with Crippen LogP contribution >= 0.6 is 0 Å². The molecule has 0 radical (unpaired) electrons. The molecule has 0 aliphatic heterocycles. The lowest BCUT2D eigenvalue weighted by Crippen LogP contribution is -2.41. The van der Waals surface area contributed by atoms with Crippen LogP contribution in [0.1, 0.15) is 55.1 Å². The molecule has 118 valence electrons. The average molecular weight is 294 g/mol. The van der Waals surface area contributed by atoms with Crippen molar-refractivity contribution in [1.29, 1.82) is 0 Å². The van der Waals surface area contributed by atoms with E-state index in [4.69, 9.17) is 14.9 Å². The summed E-state index contributed by atoms with van der Waals surface area (Å²) >= 11 is 0. The first-order valence-electron chi connectivity index (χ1n) is 7.80. The Kier molecular flexibility index (Phi) is 5.82. The van der Waals surface area contributed by atoms with Crippen LogP contribution in [-0.2, 0) is 11.3 Å². The van der Waals surface area contributed by atoms with E-state index in [2.05, 4.69) is 11.8 Å². The molecule has 1 aliphatic rings. The maximum absolute atomic E-state index is 11.7. The maximum Gasteiger partial charge on any atom is 0.374 e. The van der Waals surface area contributed by atoms with Crippen LogP contribution in [0.2, 0.25) is 0 Å². The number of methoxy groups -OCH3 is 1. The molecule has 1 saturated carbocycles. The first kappa shape index (κ1) is 16.0. The van der Waals surface area contributed by atoms with E-state index in [0.717, 1.165) is 50.8 Å². The van der Waals surface area contributed by atoms with Gasteiger partial charge in [-0.1, -0.05) is 6.92 Å². The highest BCUT2D eigenvalue weighted by atomic mass is 16.5. The molecule has 5 nitrogen and oxygen atoms in total. The molecule has 0 bridgehead atoms. The van der Waals surface area contributed by atoms with Gasteiger partial charge in [-0.3, -0.25) is 4.90 Å². The molecule has 0 amide bonds. The molecule has 0 spiro atoms. The number of ether oxygens (including phenoxy) is 1. The molecule has 1 aromatic rings.